The minimum absolute atomic E-state index is 0.156. The van der Waals surface area contributed by atoms with E-state index in [0.29, 0.717) is 17.1 Å². The highest BCUT2D eigenvalue weighted by Crippen LogP contribution is 2.11. The smallest absolute Gasteiger partial charge is 0.336 e. The van der Waals surface area contributed by atoms with Gasteiger partial charge in [0.15, 0.2) is 5.82 Å². The number of nitrogens with one attached hydrogen (secondary N) is 1. The number of aromatic carboxylic acids is 1. The highest BCUT2D eigenvalue weighted by atomic mass is 32.1. The third-order valence-corrected chi connectivity index (χ3v) is 3.60. The first-order valence-electron chi connectivity index (χ1n) is 7.36. The highest BCUT2D eigenvalue weighted by Gasteiger charge is 2.09. The number of rotatable bonds is 6. The maximum Gasteiger partial charge on any atom is 0.336 e. The largest absolute Gasteiger partial charge is 0.486 e. The fourth-order valence-corrected chi connectivity index (χ4v) is 2.32. The Morgan fingerprint density at radius 2 is 1.96 bits per heavy atom. The number of carboxylic acids is 1. The van der Waals surface area contributed by atoms with Crippen LogP contribution in [0.3, 0.4) is 0 Å². The molecule has 1 heterocycles. The van der Waals surface area contributed by atoms with E-state index in [2.05, 4.69) is 15.3 Å². The van der Waals surface area contributed by atoms with Gasteiger partial charge in [-0.15, -0.1) is 0 Å². The molecule has 0 atom stereocenters. The monoisotopic (exact) mass is 354 g/mol. The standard InChI is InChI=1S/C17H14N4O3S/c22-16(23)14-9-5-4-6-12(14)10-18-21-15(19-20-17(21)25)11-24-13-7-2-1-3-8-13/h1-10H,11H2,(H,20,25)(H,22,23). The van der Waals surface area contributed by atoms with Crippen LogP contribution >= 0.6 is 12.2 Å². The summed E-state index contributed by atoms with van der Waals surface area (Å²) in [4.78, 5) is 11.2. The predicted molar refractivity (Wildman–Crippen MR) is 94.6 cm³/mol. The van der Waals surface area contributed by atoms with Crippen molar-refractivity contribution in [2.45, 2.75) is 6.61 Å². The molecule has 126 valence electrons. The van der Waals surface area contributed by atoms with Crippen molar-refractivity contribution in [3.05, 3.63) is 76.3 Å². The molecule has 7 nitrogen and oxygen atoms in total. The first-order chi connectivity index (χ1) is 12.1. The van der Waals surface area contributed by atoms with Crippen molar-refractivity contribution in [3.8, 4) is 5.75 Å². The minimum Gasteiger partial charge on any atom is -0.486 e. The zero-order valence-corrected chi connectivity index (χ0v) is 13.8. The number of para-hydroxylation sites is 1. The number of benzene rings is 2. The Bertz CT molecular complexity index is 963. The van der Waals surface area contributed by atoms with Gasteiger partial charge in [0.2, 0.25) is 4.77 Å². The SMILES string of the molecule is O=C(O)c1ccccc1C=Nn1c(COc2ccccc2)n[nH]c1=S. The molecule has 0 aliphatic rings. The number of H-pyrrole nitrogens is 1. The van der Waals surface area contributed by atoms with Crippen molar-refractivity contribution in [2.24, 2.45) is 5.10 Å². The van der Waals surface area contributed by atoms with Gasteiger partial charge in [-0.2, -0.15) is 14.9 Å². The van der Waals surface area contributed by atoms with E-state index in [9.17, 15) is 9.90 Å². The zero-order chi connectivity index (χ0) is 17.6. The maximum absolute atomic E-state index is 11.2. The van der Waals surface area contributed by atoms with Crippen LogP contribution in [0, 0.1) is 4.77 Å². The third-order valence-electron chi connectivity index (χ3n) is 3.33. The van der Waals surface area contributed by atoms with Crippen molar-refractivity contribution >= 4 is 24.4 Å². The second-order valence-corrected chi connectivity index (χ2v) is 5.38. The van der Waals surface area contributed by atoms with Crippen molar-refractivity contribution in [1.82, 2.24) is 14.9 Å². The molecule has 25 heavy (non-hydrogen) atoms. The third kappa shape index (κ3) is 3.99. The molecular weight excluding hydrogens is 340 g/mol. The molecule has 0 bridgehead atoms. The van der Waals surface area contributed by atoms with Crippen LogP contribution in [0.15, 0.2) is 59.7 Å². The van der Waals surface area contributed by atoms with Crippen molar-refractivity contribution in [3.63, 3.8) is 0 Å². The molecule has 0 aliphatic heterocycles. The summed E-state index contributed by atoms with van der Waals surface area (Å²) in [5.74, 6) is 0.145. The number of aromatic nitrogens is 3. The lowest BCUT2D eigenvalue weighted by atomic mass is 10.1. The number of hydrogen-bond acceptors (Lipinski definition) is 5. The fourth-order valence-electron chi connectivity index (χ4n) is 2.13. The van der Waals surface area contributed by atoms with E-state index in [4.69, 9.17) is 17.0 Å². The van der Waals surface area contributed by atoms with E-state index in [1.807, 2.05) is 30.3 Å². The summed E-state index contributed by atoms with van der Waals surface area (Å²) >= 11 is 5.16. The summed E-state index contributed by atoms with van der Waals surface area (Å²) in [5, 5.41) is 20.2. The summed E-state index contributed by atoms with van der Waals surface area (Å²) in [7, 11) is 0. The predicted octanol–water partition coefficient (Wildman–Crippen LogP) is 3.10. The summed E-state index contributed by atoms with van der Waals surface area (Å²) in [6.45, 7) is 0.162. The number of aromatic amines is 1. The second kappa shape index (κ2) is 7.54. The van der Waals surface area contributed by atoms with E-state index in [0.717, 1.165) is 0 Å². The molecule has 0 amide bonds. The molecule has 0 fully saturated rings. The van der Waals surface area contributed by atoms with E-state index in [-0.39, 0.29) is 16.9 Å². The number of nitrogens with zero attached hydrogens (tertiary/aromatic N) is 3. The van der Waals surface area contributed by atoms with Crippen LogP contribution in [0.2, 0.25) is 0 Å². The Hall–Kier alpha value is -3.26. The molecule has 1 aromatic heterocycles. The molecule has 0 aliphatic carbocycles. The number of hydrogen-bond donors (Lipinski definition) is 2. The molecule has 0 saturated heterocycles. The lowest BCUT2D eigenvalue weighted by Gasteiger charge is -2.05. The Kier molecular flexibility index (Phi) is 5.00. The van der Waals surface area contributed by atoms with Gasteiger partial charge < -0.3 is 9.84 Å². The van der Waals surface area contributed by atoms with Gasteiger partial charge in [-0.25, -0.2) is 9.89 Å². The summed E-state index contributed by atoms with van der Waals surface area (Å²) in [6.07, 6.45) is 1.43. The van der Waals surface area contributed by atoms with Gasteiger partial charge in [-0.1, -0.05) is 36.4 Å². The molecule has 3 rings (SSSR count). The Morgan fingerprint density at radius 3 is 2.72 bits per heavy atom. The summed E-state index contributed by atoms with van der Waals surface area (Å²) in [6, 6.07) is 15.9. The van der Waals surface area contributed by atoms with Gasteiger partial charge in [-0.05, 0) is 30.4 Å². The molecular formula is C17H14N4O3S. The first-order valence-corrected chi connectivity index (χ1v) is 7.77. The van der Waals surface area contributed by atoms with Gasteiger partial charge in [0.1, 0.15) is 12.4 Å². The average Bonchev–Trinajstić information content (AvgIpc) is 2.99. The van der Waals surface area contributed by atoms with Gasteiger partial charge in [-0.3, -0.25) is 0 Å². The maximum atomic E-state index is 11.2. The molecule has 3 aromatic rings. The normalized spacial score (nSPS) is 10.9. The zero-order valence-electron chi connectivity index (χ0n) is 13.0. The molecule has 8 heteroatoms. The van der Waals surface area contributed by atoms with Crippen LogP contribution in [-0.4, -0.2) is 32.2 Å². The average molecular weight is 354 g/mol. The Balaban J connectivity index is 1.83. The molecule has 0 saturated carbocycles. The van der Waals surface area contributed by atoms with Gasteiger partial charge in [0.05, 0.1) is 11.8 Å². The molecule has 0 spiro atoms. The minimum atomic E-state index is -1.02. The Morgan fingerprint density at radius 1 is 1.24 bits per heavy atom. The van der Waals surface area contributed by atoms with Gasteiger partial charge >= 0.3 is 5.97 Å². The van der Waals surface area contributed by atoms with Crippen LogP contribution in [-0.2, 0) is 6.61 Å². The quantitative estimate of drug-likeness (QED) is 0.524. The number of carbonyl (C=O) groups is 1. The van der Waals surface area contributed by atoms with Gasteiger partial charge in [0, 0.05) is 5.56 Å². The number of carboxylic acid groups (broad SMARTS) is 1. The van der Waals surface area contributed by atoms with Crippen LogP contribution in [0.4, 0.5) is 0 Å². The van der Waals surface area contributed by atoms with E-state index in [1.165, 1.54) is 17.0 Å². The van der Waals surface area contributed by atoms with Crippen LogP contribution < -0.4 is 4.74 Å². The lowest BCUT2D eigenvalue weighted by molar-refractivity contribution is 0.0696. The fraction of sp³-hybridized carbons (Fsp3) is 0.0588. The molecule has 2 aromatic carbocycles. The molecule has 0 unspecified atom stereocenters. The van der Waals surface area contributed by atoms with Crippen LogP contribution in [0.25, 0.3) is 0 Å². The van der Waals surface area contributed by atoms with Crippen LogP contribution in [0.5, 0.6) is 5.75 Å². The van der Waals surface area contributed by atoms with Crippen molar-refractivity contribution in [2.75, 3.05) is 0 Å². The topological polar surface area (TPSA) is 92.5 Å². The Labute approximate surface area is 148 Å². The lowest BCUT2D eigenvalue weighted by Crippen LogP contribution is -2.05. The molecule has 2 N–H and O–H groups in total. The van der Waals surface area contributed by atoms with E-state index >= 15 is 0 Å². The van der Waals surface area contributed by atoms with Crippen LogP contribution in [0.1, 0.15) is 21.7 Å². The second-order valence-electron chi connectivity index (χ2n) is 5.00. The van der Waals surface area contributed by atoms with Gasteiger partial charge in [0.25, 0.3) is 0 Å². The van der Waals surface area contributed by atoms with Crippen molar-refractivity contribution in [1.29, 1.82) is 0 Å². The van der Waals surface area contributed by atoms with E-state index < -0.39 is 5.97 Å². The summed E-state index contributed by atoms with van der Waals surface area (Å²) < 4.78 is 7.33. The van der Waals surface area contributed by atoms with E-state index in [1.54, 1.807) is 18.2 Å². The highest BCUT2D eigenvalue weighted by molar-refractivity contribution is 7.71. The molecule has 0 radical (unpaired) electrons. The first kappa shape index (κ1) is 16.6. The van der Waals surface area contributed by atoms with Crippen molar-refractivity contribution < 1.29 is 14.6 Å². The summed E-state index contributed by atoms with van der Waals surface area (Å²) in [5.41, 5.74) is 0.622. The number of ether oxygens (including phenoxy) is 1.